The number of aromatic nitrogens is 2. The summed E-state index contributed by atoms with van der Waals surface area (Å²) in [4.78, 5) is 11.9. The number of rotatable bonds is 5. The molecule has 0 aliphatic heterocycles. The molecule has 2 rings (SSSR count). The quantitative estimate of drug-likeness (QED) is 0.814. The molecule has 0 aliphatic rings. The fourth-order valence-corrected chi connectivity index (χ4v) is 2.10. The van der Waals surface area contributed by atoms with Gasteiger partial charge in [0.2, 0.25) is 5.91 Å². The van der Waals surface area contributed by atoms with Gasteiger partial charge in [-0.25, -0.2) is 0 Å². The summed E-state index contributed by atoms with van der Waals surface area (Å²) in [6.07, 6.45) is 4.25. The normalized spacial score (nSPS) is 12.1. The predicted molar refractivity (Wildman–Crippen MR) is 78.0 cm³/mol. The van der Waals surface area contributed by atoms with Gasteiger partial charge in [0.1, 0.15) is 0 Å². The van der Waals surface area contributed by atoms with Crippen molar-refractivity contribution in [3.63, 3.8) is 0 Å². The second-order valence-electron chi connectivity index (χ2n) is 4.45. The molecule has 100 valence electrons. The lowest BCUT2D eigenvalue weighted by Gasteiger charge is -2.11. The lowest BCUT2D eigenvalue weighted by molar-refractivity contribution is -0.120. The van der Waals surface area contributed by atoms with Crippen LogP contribution in [0.5, 0.6) is 0 Å². The first-order valence-corrected chi connectivity index (χ1v) is 6.64. The van der Waals surface area contributed by atoms with E-state index in [-0.39, 0.29) is 11.2 Å². The van der Waals surface area contributed by atoms with Crippen LogP contribution in [0.3, 0.4) is 0 Å². The van der Waals surface area contributed by atoms with E-state index in [1.807, 2.05) is 43.6 Å². The number of nitrogens with one attached hydrogen (secondary N) is 1. The number of thiol groups is 1. The standard InChI is InChI=1S/C14H17N3OS/c1-17-10-12(9-16-17)8-15-14(18)13(19)7-11-5-3-2-4-6-11/h2-6,9-10,13,19H,7-8H2,1H3,(H,15,18). The van der Waals surface area contributed by atoms with Gasteiger partial charge in [0.05, 0.1) is 11.4 Å². The molecule has 1 atom stereocenters. The number of amides is 1. The van der Waals surface area contributed by atoms with Crippen molar-refractivity contribution in [2.24, 2.45) is 7.05 Å². The van der Waals surface area contributed by atoms with E-state index in [2.05, 4.69) is 23.0 Å². The maximum atomic E-state index is 11.9. The Balaban J connectivity index is 1.82. The lowest BCUT2D eigenvalue weighted by Crippen LogP contribution is -2.32. The molecule has 0 spiro atoms. The van der Waals surface area contributed by atoms with Crippen LogP contribution in [0.15, 0.2) is 42.7 Å². The lowest BCUT2D eigenvalue weighted by atomic mass is 10.1. The number of nitrogens with zero attached hydrogens (tertiary/aromatic N) is 2. The zero-order valence-electron chi connectivity index (χ0n) is 10.8. The van der Waals surface area contributed by atoms with Crippen molar-refractivity contribution < 1.29 is 4.79 Å². The summed E-state index contributed by atoms with van der Waals surface area (Å²) < 4.78 is 1.71. The SMILES string of the molecule is Cn1cc(CNC(=O)C(S)Cc2ccccc2)cn1. The summed E-state index contributed by atoms with van der Waals surface area (Å²) in [6, 6.07) is 9.88. The first-order chi connectivity index (χ1) is 9.15. The molecule has 5 heteroatoms. The van der Waals surface area contributed by atoms with Crippen molar-refractivity contribution in [2.45, 2.75) is 18.2 Å². The number of benzene rings is 1. The fourth-order valence-electron chi connectivity index (χ4n) is 1.80. The van der Waals surface area contributed by atoms with E-state index in [0.29, 0.717) is 13.0 Å². The molecule has 0 saturated heterocycles. The van der Waals surface area contributed by atoms with Crippen molar-refractivity contribution in [3.05, 3.63) is 53.9 Å². The van der Waals surface area contributed by atoms with Crippen LogP contribution in [-0.2, 0) is 24.8 Å². The van der Waals surface area contributed by atoms with Crippen LogP contribution in [0.2, 0.25) is 0 Å². The summed E-state index contributed by atoms with van der Waals surface area (Å²) in [7, 11) is 1.85. The molecular weight excluding hydrogens is 258 g/mol. The highest BCUT2D eigenvalue weighted by Crippen LogP contribution is 2.08. The minimum Gasteiger partial charge on any atom is -0.351 e. The maximum absolute atomic E-state index is 11.9. The number of aryl methyl sites for hydroxylation is 1. The maximum Gasteiger partial charge on any atom is 0.233 e. The Morgan fingerprint density at radius 2 is 2.11 bits per heavy atom. The number of hydrogen-bond acceptors (Lipinski definition) is 3. The molecule has 0 aliphatic carbocycles. The van der Waals surface area contributed by atoms with E-state index in [9.17, 15) is 4.79 Å². The zero-order chi connectivity index (χ0) is 13.7. The van der Waals surface area contributed by atoms with Crippen molar-refractivity contribution >= 4 is 18.5 Å². The molecule has 1 N–H and O–H groups in total. The third-order valence-electron chi connectivity index (χ3n) is 2.80. The Morgan fingerprint density at radius 1 is 1.37 bits per heavy atom. The molecule has 1 aromatic carbocycles. The first kappa shape index (κ1) is 13.7. The predicted octanol–water partition coefficient (Wildman–Crippen LogP) is 1.58. The van der Waals surface area contributed by atoms with Crippen LogP contribution in [0.25, 0.3) is 0 Å². The minimum atomic E-state index is -0.334. The summed E-state index contributed by atoms with van der Waals surface area (Å²) in [5.74, 6) is -0.0592. The average Bonchev–Trinajstić information content (AvgIpc) is 2.83. The first-order valence-electron chi connectivity index (χ1n) is 6.12. The Kier molecular flexibility index (Phi) is 4.63. The second kappa shape index (κ2) is 6.43. The number of carbonyl (C=O) groups is 1. The van der Waals surface area contributed by atoms with Gasteiger partial charge >= 0.3 is 0 Å². The molecule has 0 radical (unpaired) electrons. The topological polar surface area (TPSA) is 46.9 Å². The highest BCUT2D eigenvalue weighted by Gasteiger charge is 2.14. The zero-order valence-corrected chi connectivity index (χ0v) is 11.7. The van der Waals surface area contributed by atoms with Crippen LogP contribution in [0.1, 0.15) is 11.1 Å². The Morgan fingerprint density at radius 3 is 2.74 bits per heavy atom. The van der Waals surface area contributed by atoms with Gasteiger partial charge in [-0.2, -0.15) is 17.7 Å². The number of hydrogen-bond donors (Lipinski definition) is 2. The van der Waals surface area contributed by atoms with Crippen LogP contribution in [0.4, 0.5) is 0 Å². The van der Waals surface area contributed by atoms with Gasteiger partial charge in [0, 0.05) is 25.4 Å². The van der Waals surface area contributed by atoms with Crippen molar-refractivity contribution in [1.82, 2.24) is 15.1 Å². The Hall–Kier alpha value is -1.75. The van der Waals surface area contributed by atoms with Gasteiger partial charge in [0.25, 0.3) is 0 Å². The van der Waals surface area contributed by atoms with Gasteiger partial charge in [-0.05, 0) is 12.0 Å². The monoisotopic (exact) mass is 275 g/mol. The number of carbonyl (C=O) groups excluding carboxylic acids is 1. The summed E-state index contributed by atoms with van der Waals surface area (Å²) >= 11 is 4.36. The van der Waals surface area contributed by atoms with E-state index in [0.717, 1.165) is 11.1 Å². The Bertz CT molecular complexity index is 539. The smallest absolute Gasteiger partial charge is 0.233 e. The summed E-state index contributed by atoms with van der Waals surface area (Å²) in [5, 5.41) is 6.58. The van der Waals surface area contributed by atoms with Gasteiger partial charge in [-0.3, -0.25) is 9.48 Å². The van der Waals surface area contributed by atoms with E-state index in [1.165, 1.54) is 0 Å². The van der Waals surface area contributed by atoms with Gasteiger partial charge < -0.3 is 5.32 Å². The Labute approximate surface area is 118 Å². The molecule has 1 heterocycles. The summed E-state index contributed by atoms with van der Waals surface area (Å²) in [6.45, 7) is 0.485. The van der Waals surface area contributed by atoms with Crippen LogP contribution in [-0.4, -0.2) is 20.9 Å². The van der Waals surface area contributed by atoms with Gasteiger partial charge in [-0.15, -0.1) is 0 Å². The molecule has 1 aromatic heterocycles. The molecule has 19 heavy (non-hydrogen) atoms. The van der Waals surface area contributed by atoms with Crippen molar-refractivity contribution in [2.75, 3.05) is 0 Å². The largest absolute Gasteiger partial charge is 0.351 e. The molecule has 1 unspecified atom stereocenters. The molecule has 1 amide bonds. The van der Waals surface area contributed by atoms with Crippen LogP contribution < -0.4 is 5.32 Å². The van der Waals surface area contributed by atoms with E-state index < -0.39 is 0 Å². The molecule has 2 aromatic rings. The van der Waals surface area contributed by atoms with E-state index in [1.54, 1.807) is 10.9 Å². The van der Waals surface area contributed by atoms with E-state index in [4.69, 9.17) is 0 Å². The second-order valence-corrected chi connectivity index (χ2v) is 5.07. The van der Waals surface area contributed by atoms with Crippen LogP contribution >= 0.6 is 12.6 Å². The fraction of sp³-hybridized carbons (Fsp3) is 0.286. The van der Waals surface area contributed by atoms with Gasteiger partial charge in [0.15, 0.2) is 0 Å². The molecule has 4 nitrogen and oxygen atoms in total. The summed E-state index contributed by atoms with van der Waals surface area (Å²) in [5.41, 5.74) is 2.09. The van der Waals surface area contributed by atoms with Crippen molar-refractivity contribution in [1.29, 1.82) is 0 Å². The van der Waals surface area contributed by atoms with Crippen LogP contribution in [0, 0.1) is 0 Å². The third-order valence-corrected chi connectivity index (χ3v) is 3.22. The van der Waals surface area contributed by atoms with E-state index >= 15 is 0 Å². The highest BCUT2D eigenvalue weighted by molar-refractivity contribution is 7.81. The molecule has 0 saturated carbocycles. The highest BCUT2D eigenvalue weighted by atomic mass is 32.1. The minimum absolute atomic E-state index is 0.0592. The average molecular weight is 275 g/mol. The van der Waals surface area contributed by atoms with Crippen molar-refractivity contribution in [3.8, 4) is 0 Å². The molecular formula is C14H17N3OS. The molecule has 0 fully saturated rings. The molecule has 0 bridgehead atoms. The van der Waals surface area contributed by atoms with Gasteiger partial charge in [-0.1, -0.05) is 30.3 Å². The third kappa shape index (κ3) is 4.13.